The lowest BCUT2D eigenvalue weighted by Gasteiger charge is -2.16. The molecule has 1 aromatic carbocycles. The van der Waals surface area contributed by atoms with Gasteiger partial charge in [0.15, 0.2) is 0 Å². The van der Waals surface area contributed by atoms with Gasteiger partial charge < -0.3 is 10.3 Å². The summed E-state index contributed by atoms with van der Waals surface area (Å²) in [5.41, 5.74) is 7.92. The molecule has 3 aromatic rings. The van der Waals surface area contributed by atoms with E-state index >= 15 is 0 Å². The molecule has 1 aliphatic heterocycles. The summed E-state index contributed by atoms with van der Waals surface area (Å²) in [6.07, 6.45) is 21.4. The Kier molecular flexibility index (Phi) is 8.63. The van der Waals surface area contributed by atoms with E-state index in [0.717, 1.165) is 35.5 Å². The number of fused-ring (bicyclic) bond motifs is 1. The van der Waals surface area contributed by atoms with Gasteiger partial charge in [0, 0.05) is 31.9 Å². The molecule has 2 N–H and O–H groups in total. The molecule has 5 heteroatoms. The number of aromatic nitrogens is 3. The number of terminal acetylenes is 1. The summed E-state index contributed by atoms with van der Waals surface area (Å²) >= 11 is 0. The number of pyridine rings is 1. The topological polar surface area (TPSA) is 56.8 Å². The van der Waals surface area contributed by atoms with Crippen LogP contribution in [-0.2, 0) is 6.42 Å². The zero-order valence-electron chi connectivity index (χ0n) is 19.6. The van der Waals surface area contributed by atoms with E-state index in [1.54, 1.807) is 6.20 Å². The number of nitrogens with zero attached hydrogens (tertiary/aromatic N) is 3. The van der Waals surface area contributed by atoms with Crippen molar-refractivity contribution in [2.45, 2.75) is 26.2 Å². The van der Waals surface area contributed by atoms with Crippen LogP contribution in [0.15, 0.2) is 67.0 Å². The standard InChI is InChI=1S/C26H31N5.C2H2/c1-4-19(18-31-12-6-7-13-31)14-20(5-2)21-8-9-23(27-3)22(15-21)16-26-29-24-10-11-28-17-25(24)30-26;1-2/h4-5,8-11,14-15,17,27H,1,6-7,12-13,16,18H2,2-3H3,(H,29,30);1-2H/b19-14+,20-5+;. The van der Waals surface area contributed by atoms with Crippen LogP contribution < -0.4 is 5.32 Å². The number of aromatic amines is 1. The Labute approximate surface area is 197 Å². The first-order chi connectivity index (χ1) is 16.2. The van der Waals surface area contributed by atoms with Crippen LogP contribution in [0.5, 0.6) is 0 Å². The molecular formula is C28H33N5. The lowest BCUT2D eigenvalue weighted by atomic mass is 9.98. The van der Waals surface area contributed by atoms with Crippen molar-refractivity contribution in [3.05, 3.63) is 84.0 Å². The second-order valence-electron chi connectivity index (χ2n) is 8.03. The van der Waals surface area contributed by atoms with Crippen LogP contribution in [0, 0.1) is 12.8 Å². The molecule has 4 rings (SSSR count). The highest BCUT2D eigenvalue weighted by Crippen LogP contribution is 2.26. The maximum atomic E-state index is 4.73. The Balaban J connectivity index is 0.00000149. The monoisotopic (exact) mass is 439 g/mol. The third kappa shape index (κ3) is 6.00. The van der Waals surface area contributed by atoms with Crippen molar-refractivity contribution in [2.24, 2.45) is 0 Å². The maximum absolute atomic E-state index is 4.73. The molecule has 33 heavy (non-hydrogen) atoms. The number of nitrogens with one attached hydrogen (secondary N) is 2. The second-order valence-corrected chi connectivity index (χ2v) is 8.03. The van der Waals surface area contributed by atoms with Gasteiger partial charge in [-0.2, -0.15) is 0 Å². The molecule has 0 amide bonds. The fourth-order valence-electron chi connectivity index (χ4n) is 4.24. The highest BCUT2D eigenvalue weighted by atomic mass is 15.1. The van der Waals surface area contributed by atoms with E-state index in [-0.39, 0.29) is 0 Å². The fraction of sp³-hybridized carbons (Fsp3) is 0.286. The molecule has 1 saturated heterocycles. The van der Waals surface area contributed by atoms with Crippen molar-refractivity contribution in [3.8, 4) is 12.8 Å². The van der Waals surface area contributed by atoms with Gasteiger partial charge in [0.05, 0.1) is 17.2 Å². The summed E-state index contributed by atoms with van der Waals surface area (Å²) in [5.74, 6) is 0.940. The van der Waals surface area contributed by atoms with Crippen molar-refractivity contribution in [2.75, 3.05) is 32.0 Å². The second kappa shape index (κ2) is 11.8. The molecule has 0 saturated carbocycles. The van der Waals surface area contributed by atoms with E-state index < -0.39 is 0 Å². The number of anilines is 1. The first-order valence-electron chi connectivity index (χ1n) is 11.3. The summed E-state index contributed by atoms with van der Waals surface area (Å²) in [7, 11) is 1.96. The summed E-state index contributed by atoms with van der Waals surface area (Å²) in [6.45, 7) is 9.49. The molecule has 0 radical (unpaired) electrons. The number of H-pyrrole nitrogens is 1. The van der Waals surface area contributed by atoms with Crippen molar-refractivity contribution in [3.63, 3.8) is 0 Å². The van der Waals surface area contributed by atoms with Crippen LogP contribution >= 0.6 is 0 Å². The first kappa shape index (κ1) is 24.0. The third-order valence-electron chi connectivity index (χ3n) is 5.92. The van der Waals surface area contributed by atoms with Crippen molar-refractivity contribution in [1.82, 2.24) is 19.9 Å². The Hall–Kier alpha value is -3.62. The molecular weight excluding hydrogens is 406 g/mol. The van der Waals surface area contributed by atoms with E-state index in [4.69, 9.17) is 4.98 Å². The molecule has 1 aliphatic rings. The number of likely N-dealkylation sites (tertiary alicyclic amines) is 1. The van der Waals surface area contributed by atoms with Crippen LogP contribution in [-0.4, -0.2) is 46.5 Å². The summed E-state index contributed by atoms with van der Waals surface area (Å²) in [5, 5.41) is 3.32. The summed E-state index contributed by atoms with van der Waals surface area (Å²) in [6, 6.07) is 8.53. The van der Waals surface area contributed by atoms with Crippen molar-refractivity contribution in [1.29, 1.82) is 0 Å². The highest BCUT2D eigenvalue weighted by molar-refractivity contribution is 5.77. The van der Waals surface area contributed by atoms with Gasteiger partial charge in [0.2, 0.25) is 0 Å². The predicted molar refractivity (Wildman–Crippen MR) is 140 cm³/mol. The molecule has 2 aromatic heterocycles. The minimum atomic E-state index is 0.724. The van der Waals surface area contributed by atoms with E-state index in [0.29, 0.717) is 0 Å². The van der Waals surface area contributed by atoms with Crippen LogP contribution in [0.3, 0.4) is 0 Å². The largest absolute Gasteiger partial charge is 0.388 e. The van der Waals surface area contributed by atoms with E-state index in [9.17, 15) is 0 Å². The number of rotatable bonds is 8. The summed E-state index contributed by atoms with van der Waals surface area (Å²) < 4.78 is 0. The lowest BCUT2D eigenvalue weighted by molar-refractivity contribution is 0.371. The Bertz CT molecular complexity index is 1130. The van der Waals surface area contributed by atoms with Gasteiger partial charge in [-0.15, -0.1) is 12.8 Å². The van der Waals surface area contributed by atoms with E-state index in [1.165, 1.54) is 48.2 Å². The first-order valence-corrected chi connectivity index (χ1v) is 11.3. The summed E-state index contributed by atoms with van der Waals surface area (Å²) in [4.78, 5) is 14.8. The number of hydrogen-bond donors (Lipinski definition) is 2. The van der Waals surface area contributed by atoms with Crippen molar-refractivity contribution < 1.29 is 0 Å². The van der Waals surface area contributed by atoms with E-state index in [1.807, 2.05) is 25.4 Å². The smallest absolute Gasteiger partial charge is 0.111 e. The average molecular weight is 440 g/mol. The molecule has 5 nitrogen and oxygen atoms in total. The van der Waals surface area contributed by atoms with Gasteiger partial charge in [-0.25, -0.2) is 4.98 Å². The highest BCUT2D eigenvalue weighted by Gasteiger charge is 2.13. The zero-order chi connectivity index (χ0) is 23.6. The molecule has 0 aliphatic carbocycles. The Morgan fingerprint density at radius 3 is 2.70 bits per heavy atom. The van der Waals surface area contributed by atoms with Gasteiger partial charge in [-0.1, -0.05) is 30.9 Å². The molecule has 3 heterocycles. The quantitative estimate of drug-likeness (QED) is 0.362. The minimum absolute atomic E-state index is 0.724. The van der Waals surface area contributed by atoms with Crippen LogP contribution in [0.1, 0.15) is 36.7 Å². The van der Waals surface area contributed by atoms with Gasteiger partial charge >= 0.3 is 0 Å². The number of benzene rings is 1. The number of allylic oxidation sites excluding steroid dienone is 3. The minimum Gasteiger partial charge on any atom is -0.388 e. The number of hydrogen-bond acceptors (Lipinski definition) is 4. The van der Waals surface area contributed by atoms with Crippen molar-refractivity contribution >= 4 is 22.3 Å². The van der Waals surface area contributed by atoms with Crippen LogP contribution in [0.25, 0.3) is 16.6 Å². The lowest BCUT2D eigenvalue weighted by Crippen LogP contribution is -2.21. The fourth-order valence-corrected chi connectivity index (χ4v) is 4.24. The Morgan fingerprint density at radius 2 is 2.03 bits per heavy atom. The molecule has 0 bridgehead atoms. The SMILES string of the molecule is C#C.C=C/C(=C\C(=C/C)c1ccc(NC)c(Cc2nc3ccncc3[nH]2)c1)CN1CCCC1. The molecule has 0 spiro atoms. The molecule has 170 valence electrons. The van der Waals surface area contributed by atoms with Crippen LogP contribution in [0.4, 0.5) is 5.69 Å². The van der Waals surface area contributed by atoms with Gasteiger partial charge in [0.25, 0.3) is 0 Å². The van der Waals surface area contributed by atoms with Crippen LogP contribution in [0.2, 0.25) is 0 Å². The molecule has 1 fully saturated rings. The normalized spacial score (nSPS) is 14.7. The zero-order valence-corrected chi connectivity index (χ0v) is 19.6. The predicted octanol–water partition coefficient (Wildman–Crippen LogP) is 5.45. The number of imidazole rings is 1. The Morgan fingerprint density at radius 1 is 1.24 bits per heavy atom. The van der Waals surface area contributed by atoms with E-state index in [2.05, 4.69) is 76.9 Å². The molecule has 0 unspecified atom stereocenters. The average Bonchev–Trinajstić information content (AvgIpc) is 3.52. The maximum Gasteiger partial charge on any atom is 0.111 e. The third-order valence-corrected chi connectivity index (χ3v) is 5.92. The van der Waals surface area contributed by atoms with Gasteiger partial charge in [-0.3, -0.25) is 9.88 Å². The van der Waals surface area contributed by atoms with Gasteiger partial charge in [-0.05, 0) is 73.3 Å². The molecule has 0 atom stereocenters. The van der Waals surface area contributed by atoms with Gasteiger partial charge in [0.1, 0.15) is 5.82 Å².